The van der Waals surface area contributed by atoms with Gasteiger partial charge < -0.3 is 4.55 Å². The zero-order valence-electron chi connectivity index (χ0n) is 21.6. The summed E-state index contributed by atoms with van der Waals surface area (Å²) in [7, 11) is -4.60. The molecule has 6 heteroatoms. The minimum absolute atomic E-state index is 0. The van der Waals surface area contributed by atoms with Gasteiger partial charge in [0.1, 0.15) is 0 Å². The topological polar surface area (TPSA) is 66.4 Å². The van der Waals surface area contributed by atoms with Gasteiger partial charge in [0.25, 0.3) is 0 Å². The van der Waals surface area contributed by atoms with Crippen molar-refractivity contribution in [1.82, 2.24) is 0 Å². The average molecular weight is 499 g/mol. The Morgan fingerprint density at radius 3 is 1.53 bits per heavy atom. The number of hydrogen-bond acceptors (Lipinski definition) is 4. The second-order valence-corrected chi connectivity index (χ2v) is 10.2. The van der Waals surface area contributed by atoms with Crippen LogP contribution in [0.4, 0.5) is 0 Å². The van der Waals surface area contributed by atoms with Gasteiger partial charge in [-0.3, -0.25) is 4.18 Å². The first-order valence-electron chi connectivity index (χ1n) is 13.3. The van der Waals surface area contributed by atoms with Crippen molar-refractivity contribution >= 4 is 10.4 Å². The Bertz CT molecular complexity index is 494. The van der Waals surface area contributed by atoms with Crippen LogP contribution in [0, 0.1) is 5.92 Å². The van der Waals surface area contributed by atoms with Crippen LogP contribution >= 0.6 is 0 Å². The van der Waals surface area contributed by atoms with E-state index in [1.54, 1.807) is 0 Å². The summed E-state index contributed by atoms with van der Waals surface area (Å²) in [6.07, 6.45) is 29.6. The molecule has 0 saturated heterocycles. The molecule has 0 fully saturated rings. The molecular weight excluding hydrogens is 447 g/mol. The van der Waals surface area contributed by atoms with Crippen molar-refractivity contribution in [3.8, 4) is 0 Å². The van der Waals surface area contributed by atoms with Crippen molar-refractivity contribution in [2.45, 2.75) is 142 Å². The molecule has 1 unspecified atom stereocenters. The van der Waals surface area contributed by atoms with Crippen LogP contribution in [-0.2, 0) is 14.6 Å². The van der Waals surface area contributed by atoms with Gasteiger partial charge in [0.05, 0.1) is 6.61 Å². The first kappa shape index (κ1) is 35.4. The molecule has 0 aliphatic carbocycles. The molecule has 0 bridgehead atoms. The maximum atomic E-state index is 10.8. The van der Waals surface area contributed by atoms with E-state index in [1.807, 2.05) is 6.08 Å². The Morgan fingerprint density at radius 2 is 1.09 bits per heavy atom. The zero-order valence-corrected chi connectivity index (χ0v) is 25.6. The second-order valence-electron chi connectivity index (χ2n) is 9.12. The summed E-state index contributed by atoms with van der Waals surface area (Å²) in [5.74, 6) is 0.0207. The Balaban J connectivity index is 0. The van der Waals surface area contributed by atoms with Gasteiger partial charge in [-0.25, -0.2) is 8.42 Å². The molecular formula is C26H51KO4S. The van der Waals surface area contributed by atoms with E-state index in [-0.39, 0.29) is 63.9 Å². The molecule has 0 saturated carbocycles. The third-order valence-corrected chi connectivity index (χ3v) is 6.41. The van der Waals surface area contributed by atoms with E-state index in [9.17, 15) is 13.0 Å². The van der Waals surface area contributed by atoms with Gasteiger partial charge in [-0.2, -0.15) is 0 Å². The summed E-state index contributed by atoms with van der Waals surface area (Å²) in [4.78, 5) is 0. The molecule has 1 atom stereocenters. The standard InChI is InChI=1S/C26H52O4S.K/c1-3-5-7-9-10-11-12-13-14-15-16-17-18-20-22-24-26(25-30-31(27,28)29)23-21-19-8-6-4-2;/h21,23,26H,3-20,22,24-25H2,1-2H3,(H,27,28,29);/q;+1/p-1/b23-21+;. The van der Waals surface area contributed by atoms with Crippen LogP contribution in [0.1, 0.15) is 142 Å². The largest absolute Gasteiger partial charge is 1.00 e. The molecule has 0 radical (unpaired) electrons. The number of hydrogen-bond donors (Lipinski definition) is 0. The molecule has 186 valence electrons. The van der Waals surface area contributed by atoms with Gasteiger partial charge in [0.2, 0.25) is 10.4 Å². The molecule has 0 aliphatic rings. The third-order valence-electron chi connectivity index (χ3n) is 5.99. The summed E-state index contributed by atoms with van der Waals surface area (Å²) in [5, 5.41) is 0. The molecule has 0 aliphatic heterocycles. The van der Waals surface area contributed by atoms with E-state index >= 15 is 0 Å². The Hall–Kier alpha value is 1.25. The average Bonchev–Trinajstić information content (AvgIpc) is 2.73. The normalized spacial score (nSPS) is 12.8. The van der Waals surface area contributed by atoms with E-state index in [0.717, 1.165) is 25.7 Å². The van der Waals surface area contributed by atoms with Crippen molar-refractivity contribution in [3.05, 3.63) is 12.2 Å². The summed E-state index contributed by atoms with van der Waals surface area (Å²) in [5.41, 5.74) is 0. The van der Waals surface area contributed by atoms with Crippen molar-refractivity contribution in [1.29, 1.82) is 0 Å². The van der Waals surface area contributed by atoms with E-state index in [0.29, 0.717) is 0 Å². The van der Waals surface area contributed by atoms with E-state index in [4.69, 9.17) is 0 Å². The van der Waals surface area contributed by atoms with Crippen molar-refractivity contribution < 1.29 is 68.5 Å². The monoisotopic (exact) mass is 498 g/mol. The van der Waals surface area contributed by atoms with Gasteiger partial charge >= 0.3 is 51.4 Å². The molecule has 0 aromatic heterocycles. The van der Waals surface area contributed by atoms with Gasteiger partial charge in [0, 0.05) is 5.92 Å². The molecule has 0 spiro atoms. The van der Waals surface area contributed by atoms with Crippen LogP contribution in [-0.4, -0.2) is 19.6 Å². The van der Waals surface area contributed by atoms with Gasteiger partial charge in [-0.15, -0.1) is 0 Å². The first-order chi connectivity index (χ1) is 15.0. The van der Waals surface area contributed by atoms with Crippen LogP contribution in [0.3, 0.4) is 0 Å². The first-order valence-corrected chi connectivity index (χ1v) is 14.6. The number of unbranched alkanes of at least 4 members (excludes halogenated alkanes) is 17. The Kier molecular flexibility index (Phi) is 29.7. The molecule has 4 nitrogen and oxygen atoms in total. The van der Waals surface area contributed by atoms with Crippen molar-refractivity contribution in [2.24, 2.45) is 5.92 Å². The maximum Gasteiger partial charge on any atom is 1.00 e. The minimum Gasteiger partial charge on any atom is -0.726 e. The van der Waals surface area contributed by atoms with Gasteiger partial charge in [0.15, 0.2) is 0 Å². The van der Waals surface area contributed by atoms with Crippen LogP contribution in [0.25, 0.3) is 0 Å². The van der Waals surface area contributed by atoms with E-state index in [2.05, 4.69) is 24.1 Å². The van der Waals surface area contributed by atoms with E-state index in [1.165, 1.54) is 103 Å². The molecule has 0 heterocycles. The van der Waals surface area contributed by atoms with Crippen LogP contribution < -0.4 is 51.4 Å². The summed E-state index contributed by atoms with van der Waals surface area (Å²) >= 11 is 0. The van der Waals surface area contributed by atoms with Crippen LogP contribution in [0.15, 0.2) is 12.2 Å². The number of rotatable bonds is 24. The third kappa shape index (κ3) is 29.3. The molecule has 0 N–H and O–H groups in total. The Morgan fingerprint density at radius 1 is 0.688 bits per heavy atom. The zero-order chi connectivity index (χ0) is 23.0. The van der Waals surface area contributed by atoms with Crippen molar-refractivity contribution in [2.75, 3.05) is 6.61 Å². The predicted octanol–water partition coefficient (Wildman–Crippen LogP) is 5.48. The SMILES string of the molecule is CCCCC/C=C/C(CCCCCCCCCCCCCCCCC)COS(=O)(=O)[O-].[K+]. The summed E-state index contributed by atoms with van der Waals surface area (Å²) < 4.78 is 36.8. The van der Waals surface area contributed by atoms with Crippen LogP contribution in [0.2, 0.25) is 0 Å². The fourth-order valence-electron chi connectivity index (χ4n) is 3.98. The molecule has 0 aromatic rings. The fraction of sp³-hybridized carbons (Fsp3) is 0.923. The molecule has 0 aromatic carbocycles. The van der Waals surface area contributed by atoms with Crippen molar-refractivity contribution in [3.63, 3.8) is 0 Å². The van der Waals surface area contributed by atoms with Crippen LogP contribution in [0.5, 0.6) is 0 Å². The minimum atomic E-state index is -4.60. The van der Waals surface area contributed by atoms with Gasteiger partial charge in [-0.05, 0) is 19.3 Å². The predicted molar refractivity (Wildman–Crippen MR) is 132 cm³/mol. The van der Waals surface area contributed by atoms with Gasteiger partial charge in [-0.1, -0.05) is 135 Å². The maximum absolute atomic E-state index is 10.8. The Labute approximate surface area is 243 Å². The molecule has 0 rings (SSSR count). The molecule has 32 heavy (non-hydrogen) atoms. The quantitative estimate of drug-likeness (QED) is 0.0581. The smallest absolute Gasteiger partial charge is 0.726 e. The summed E-state index contributed by atoms with van der Waals surface area (Å²) in [6.45, 7) is 4.43. The van der Waals surface area contributed by atoms with E-state index < -0.39 is 10.4 Å². The second kappa shape index (κ2) is 26.8. The molecule has 0 amide bonds. The summed E-state index contributed by atoms with van der Waals surface area (Å²) in [6, 6.07) is 0. The number of allylic oxidation sites excluding steroid dienone is 1. The fourth-order valence-corrected chi connectivity index (χ4v) is 4.33.